The molecule has 76 valence electrons. The highest BCUT2D eigenvalue weighted by Crippen LogP contribution is 2.54. The molecule has 0 amide bonds. The van der Waals surface area contributed by atoms with Crippen LogP contribution in [0, 0.1) is 5.41 Å². The Morgan fingerprint density at radius 2 is 2.14 bits per heavy atom. The number of nitrogens with one attached hydrogen (secondary N) is 1. The Labute approximate surface area is 85.3 Å². The molecule has 2 heteroatoms. The third kappa shape index (κ3) is 1.01. The Morgan fingerprint density at radius 1 is 1.36 bits per heavy atom. The summed E-state index contributed by atoms with van der Waals surface area (Å²) in [5, 5.41) is 3.71. The maximum absolute atomic E-state index is 3.71. The fraction of sp³-hybridized carbons (Fsp3) is 0.667. The van der Waals surface area contributed by atoms with Crippen molar-refractivity contribution in [3.05, 3.63) is 24.0 Å². The summed E-state index contributed by atoms with van der Waals surface area (Å²) in [6.07, 6.45) is 4.78. The fourth-order valence-corrected chi connectivity index (χ4v) is 3.44. The topological polar surface area (TPSA) is 17.0 Å². The van der Waals surface area contributed by atoms with Gasteiger partial charge in [-0.15, -0.1) is 0 Å². The van der Waals surface area contributed by atoms with Crippen LogP contribution in [0.3, 0.4) is 0 Å². The summed E-state index contributed by atoms with van der Waals surface area (Å²) in [6, 6.07) is 4.46. The summed E-state index contributed by atoms with van der Waals surface area (Å²) in [5.41, 5.74) is 2.34. The zero-order chi connectivity index (χ0) is 9.81. The van der Waals surface area contributed by atoms with Crippen LogP contribution in [0.5, 0.6) is 0 Å². The molecule has 0 aromatic carbocycles. The van der Waals surface area contributed by atoms with Crippen LogP contribution < -0.4 is 5.32 Å². The number of rotatable bonds is 0. The highest BCUT2D eigenvalue weighted by molar-refractivity contribution is 5.26. The summed E-state index contributed by atoms with van der Waals surface area (Å²) in [4.78, 5) is 0. The quantitative estimate of drug-likeness (QED) is 0.663. The molecule has 2 aliphatic rings. The highest BCUT2D eigenvalue weighted by atomic mass is 15.1. The van der Waals surface area contributed by atoms with E-state index in [9.17, 15) is 0 Å². The molecule has 0 saturated heterocycles. The standard InChI is InChI=1S/C12H18N2/c1-11(2)8-12(9-11)10-4-3-6-14(10)7-5-13-12/h3-4,6,13H,5,7-9H2,1-2H3. The predicted octanol–water partition coefficient (Wildman–Crippen LogP) is 2.11. The van der Waals surface area contributed by atoms with Gasteiger partial charge in [-0.25, -0.2) is 0 Å². The first-order chi connectivity index (χ1) is 6.61. The third-order valence-corrected chi connectivity index (χ3v) is 3.70. The van der Waals surface area contributed by atoms with E-state index in [-0.39, 0.29) is 0 Å². The van der Waals surface area contributed by atoms with Gasteiger partial charge >= 0.3 is 0 Å². The molecule has 1 fully saturated rings. The van der Waals surface area contributed by atoms with E-state index in [1.54, 1.807) is 0 Å². The van der Waals surface area contributed by atoms with Crippen LogP contribution in [-0.4, -0.2) is 11.1 Å². The number of hydrogen-bond donors (Lipinski definition) is 1. The van der Waals surface area contributed by atoms with Crippen LogP contribution in [0.2, 0.25) is 0 Å². The molecule has 1 aromatic heterocycles. The minimum atomic E-state index is 0.311. The molecule has 1 aromatic rings. The number of fused-ring (bicyclic) bond motifs is 2. The molecular formula is C12H18N2. The molecule has 0 unspecified atom stereocenters. The second kappa shape index (κ2) is 2.43. The average molecular weight is 190 g/mol. The van der Waals surface area contributed by atoms with Crippen LogP contribution in [0.25, 0.3) is 0 Å². The van der Waals surface area contributed by atoms with Gasteiger partial charge in [0.05, 0.1) is 5.54 Å². The molecule has 0 radical (unpaired) electrons. The predicted molar refractivity (Wildman–Crippen MR) is 57.1 cm³/mol. The molecule has 1 N–H and O–H groups in total. The Balaban J connectivity index is 1.98. The fourth-order valence-electron chi connectivity index (χ4n) is 3.44. The van der Waals surface area contributed by atoms with Crippen LogP contribution in [0.4, 0.5) is 0 Å². The number of aromatic nitrogens is 1. The molecule has 1 aliphatic carbocycles. The van der Waals surface area contributed by atoms with Crippen molar-refractivity contribution in [3.63, 3.8) is 0 Å². The van der Waals surface area contributed by atoms with Gasteiger partial charge in [0.25, 0.3) is 0 Å². The molecule has 3 rings (SSSR count). The van der Waals surface area contributed by atoms with Crippen LogP contribution in [0.15, 0.2) is 18.3 Å². The Bertz CT molecular complexity index is 354. The smallest absolute Gasteiger partial charge is 0.0599 e. The van der Waals surface area contributed by atoms with Crippen LogP contribution >= 0.6 is 0 Å². The van der Waals surface area contributed by atoms with E-state index in [2.05, 4.69) is 42.1 Å². The minimum absolute atomic E-state index is 0.311. The molecule has 2 heterocycles. The highest BCUT2D eigenvalue weighted by Gasteiger charge is 2.52. The third-order valence-electron chi connectivity index (χ3n) is 3.70. The van der Waals surface area contributed by atoms with Gasteiger partial charge in [0.2, 0.25) is 0 Å². The van der Waals surface area contributed by atoms with Crippen molar-refractivity contribution in [2.45, 2.75) is 38.8 Å². The lowest BCUT2D eigenvalue weighted by Crippen LogP contribution is -2.59. The molecule has 1 aliphatic heterocycles. The Kier molecular flexibility index (Phi) is 1.48. The van der Waals surface area contributed by atoms with Crippen molar-refractivity contribution in [2.24, 2.45) is 5.41 Å². The van der Waals surface area contributed by atoms with E-state index in [4.69, 9.17) is 0 Å². The number of hydrogen-bond acceptors (Lipinski definition) is 1. The van der Waals surface area contributed by atoms with Crippen molar-refractivity contribution in [1.82, 2.24) is 9.88 Å². The normalized spacial score (nSPS) is 27.0. The van der Waals surface area contributed by atoms with Gasteiger partial charge in [0.15, 0.2) is 0 Å². The summed E-state index contributed by atoms with van der Waals surface area (Å²) in [6.45, 7) is 6.98. The first-order valence-corrected chi connectivity index (χ1v) is 5.52. The van der Waals surface area contributed by atoms with Gasteiger partial charge < -0.3 is 9.88 Å². The van der Waals surface area contributed by atoms with E-state index in [1.165, 1.54) is 18.5 Å². The SMILES string of the molecule is CC1(C)CC2(C1)NCCn1cccc12. The second-order valence-corrected chi connectivity index (χ2v) is 5.61. The first-order valence-electron chi connectivity index (χ1n) is 5.52. The van der Waals surface area contributed by atoms with Crippen molar-refractivity contribution in [2.75, 3.05) is 6.54 Å². The largest absolute Gasteiger partial charge is 0.348 e. The van der Waals surface area contributed by atoms with Crippen LogP contribution in [-0.2, 0) is 12.1 Å². The molecule has 0 atom stereocenters. The summed E-state index contributed by atoms with van der Waals surface area (Å²) in [5.74, 6) is 0. The van der Waals surface area contributed by atoms with E-state index in [1.807, 2.05) is 0 Å². The van der Waals surface area contributed by atoms with E-state index >= 15 is 0 Å². The van der Waals surface area contributed by atoms with Gasteiger partial charge in [-0.2, -0.15) is 0 Å². The zero-order valence-electron chi connectivity index (χ0n) is 9.01. The molecule has 0 bridgehead atoms. The Morgan fingerprint density at radius 3 is 2.86 bits per heavy atom. The molecule has 1 spiro atoms. The molecule has 1 saturated carbocycles. The van der Waals surface area contributed by atoms with Gasteiger partial charge in [-0.05, 0) is 30.4 Å². The molecule has 2 nitrogen and oxygen atoms in total. The van der Waals surface area contributed by atoms with E-state index in [0.717, 1.165) is 13.1 Å². The number of nitrogens with zero attached hydrogens (tertiary/aromatic N) is 1. The summed E-state index contributed by atoms with van der Waals surface area (Å²) >= 11 is 0. The van der Waals surface area contributed by atoms with Crippen LogP contribution in [0.1, 0.15) is 32.4 Å². The van der Waals surface area contributed by atoms with Gasteiger partial charge in [0, 0.05) is 25.0 Å². The van der Waals surface area contributed by atoms with Crippen molar-refractivity contribution < 1.29 is 0 Å². The lowest BCUT2D eigenvalue weighted by atomic mass is 9.57. The maximum atomic E-state index is 3.71. The lowest BCUT2D eigenvalue weighted by Gasteiger charge is -2.55. The van der Waals surface area contributed by atoms with Gasteiger partial charge in [-0.1, -0.05) is 13.8 Å². The lowest BCUT2D eigenvalue weighted by molar-refractivity contribution is 0.0130. The van der Waals surface area contributed by atoms with Crippen molar-refractivity contribution in [1.29, 1.82) is 0 Å². The second-order valence-electron chi connectivity index (χ2n) is 5.61. The molecule has 14 heavy (non-hydrogen) atoms. The zero-order valence-corrected chi connectivity index (χ0v) is 9.01. The van der Waals surface area contributed by atoms with Gasteiger partial charge in [0.1, 0.15) is 0 Å². The first kappa shape index (κ1) is 8.54. The van der Waals surface area contributed by atoms with E-state index in [0.29, 0.717) is 11.0 Å². The van der Waals surface area contributed by atoms with Crippen molar-refractivity contribution >= 4 is 0 Å². The van der Waals surface area contributed by atoms with Crippen molar-refractivity contribution in [3.8, 4) is 0 Å². The minimum Gasteiger partial charge on any atom is -0.348 e. The monoisotopic (exact) mass is 190 g/mol. The van der Waals surface area contributed by atoms with E-state index < -0.39 is 0 Å². The summed E-state index contributed by atoms with van der Waals surface area (Å²) < 4.78 is 2.41. The average Bonchev–Trinajstić information content (AvgIpc) is 2.49. The molecular weight excluding hydrogens is 172 g/mol. The maximum Gasteiger partial charge on any atom is 0.0599 e. The van der Waals surface area contributed by atoms with Gasteiger partial charge in [-0.3, -0.25) is 0 Å². The Hall–Kier alpha value is -0.760. The summed E-state index contributed by atoms with van der Waals surface area (Å²) in [7, 11) is 0.